The van der Waals surface area contributed by atoms with Gasteiger partial charge < -0.3 is 10.1 Å². The van der Waals surface area contributed by atoms with Crippen molar-refractivity contribution in [3.8, 4) is 0 Å². The third-order valence-electron chi connectivity index (χ3n) is 2.96. The van der Waals surface area contributed by atoms with E-state index in [0.717, 1.165) is 12.0 Å². The van der Waals surface area contributed by atoms with Gasteiger partial charge in [0, 0.05) is 12.1 Å². The molecule has 1 saturated carbocycles. The molecule has 12 heavy (non-hydrogen) atoms. The molecular weight excluding hydrogens is 150 g/mol. The van der Waals surface area contributed by atoms with Crippen LogP contribution in [-0.2, 0) is 4.74 Å². The van der Waals surface area contributed by atoms with Gasteiger partial charge in [-0.1, -0.05) is 0 Å². The highest BCUT2D eigenvalue weighted by atomic mass is 16.5. The highest BCUT2D eigenvalue weighted by Crippen LogP contribution is 2.41. The predicted octanol–water partition coefficient (Wildman–Crippen LogP) is 1.55. The van der Waals surface area contributed by atoms with E-state index < -0.39 is 0 Å². The van der Waals surface area contributed by atoms with Crippen LogP contribution in [0.15, 0.2) is 0 Å². The Balaban J connectivity index is 1.77. The normalized spacial score (nSPS) is 41.5. The lowest BCUT2D eigenvalue weighted by Crippen LogP contribution is -2.38. The van der Waals surface area contributed by atoms with Crippen LogP contribution in [0, 0.1) is 5.92 Å². The van der Waals surface area contributed by atoms with Crippen LogP contribution in [0.2, 0.25) is 0 Å². The Morgan fingerprint density at radius 3 is 2.50 bits per heavy atom. The van der Waals surface area contributed by atoms with Gasteiger partial charge in [0.05, 0.1) is 12.2 Å². The van der Waals surface area contributed by atoms with E-state index in [1.807, 2.05) is 0 Å². The fraction of sp³-hybridized carbons (Fsp3) is 1.00. The van der Waals surface area contributed by atoms with Crippen molar-refractivity contribution in [1.29, 1.82) is 0 Å². The van der Waals surface area contributed by atoms with Crippen molar-refractivity contribution in [2.24, 2.45) is 5.92 Å². The zero-order valence-corrected chi connectivity index (χ0v) is 8.21. The van der Waals surface area contributed by atoms with Crippen LogP contribution in [0.4, 0.5) is 0 Å². The van der Waals surface area contributed by atoms with Gasteiger partial charge in [0.25, 0.3) is 0 Å². The lowest BCUT2D eigenvalue weighted by Gasteiger charge is -2.23. The maximum Gasteiger partial charge on any atom is 0.0703 e. The molecule has 2 nitrogen and oxygen atoms in total. The topological polar surface area (TPSA) is 21.3 Å². The molecule has 70 valence electrons. The number of hydrogen-bond acceptors (Lipinski definition) is 2. The third kappa shape index (κ3) is 1.64. The molecule has 0 radical (unpaired) electrons. The molecule has 1 saturated heterocycles. The summed E-state index contributed by atoms with van der Waals surface area (Å²) in [5, 5.41) is 3.61. The van der Waals surface area contributed by atoms with Gasteiger partial charge in [-0.25, -0.2) is 0 Å². The Hall–Kier alpha value is -0.0800. The molecule has 0 spiro atoms. The summed E-state index contributed by atoms with van der Waals surface area (Å²) in [6, 6.07) is 1.46. The molecule has 2 rings (SSSR count). The van der Waals surface area contributed by atoms with Gasteiger partial charge in [-0.3, -0.25) is 0 Å². The molecule has 1 N–H and O–H groups in total. The molecule has 0 aromatic carbocycles. The van der Waals surface area contributed by atoms with E-state index in [-0.39, 0.29) is 0 Å². The van der Waals surface area contributed by atoms with Crippen LogP contribution in [0.1, 0.15) is 33.6 Å². The molecule has 0 unspecified atom stereocenters. The minimum absolute atomic E-state index is 0.360. The van der Waals surface area contributed by atoms with Crippen molar-refractivity contribution in [3.63, 3.8) is 0 Å². The van der Waals surface area contributed by atoms with Crippen molar-refractivity contribution in [2.45, 2.75) is 57.9 Å². The minimum atomic E-state index is 0.360. The Morgan fingerprint density at radius 1 is 1.25 bits per heavy atom. The van der Waals surface area contributed by atoms with Crippen molar-refractivity contribution < 1.29 is 4.74 Å². The molecule has 0 bridgehead atoms. The van der Waals surface area contributed by atoms with E-state index in [1.165, 1.54) is 12.8 Å². The maximum absolute atomic E-state index is 5.74. The van der Waals surface area contributed by atoms with Gasteiger partial charge >= 0.3 is 0 Å². The number of rotatable bonds is 3. The highest BCUT2D eigenvalue weighted by molar-refractivity contribution is 5.04. The van der Waals surface area contributed by atoms with Gasteiger partial charge in [-0.2, -0.15) is 0 Å². The van der Waals surface area contributed by atoms with Gasteiger partial charge in [0.15, 0.2) is 0 Å². The standard InChI is InChI=1S/C10H19NO/c1-6(2)12-7(3)9-4-8-5-10(8)11-9/h6-11H,4-5H2,1-3H3/t7-,8+,9-,10-/m0/s1. The summed E-state index contributed by atoms with van der Waals surface area (Å²) in [6.45, 7) is 6.39. The second-order valence-electron chi connectivity index (χ2n) is 4.50. The van der Waals surface area contributed by atoms with E-state index in [1.54, 1.807) is 0 Å². The molecule has 0 aromatic rings. The average molecular weight is 169 g/mol. The first-order valence-electron chi connectivity index (χ1n) is 5.08. The number of ether oxygens (including phenoxy) is 1. The second-order valence-corrected chi connectivity index (χ2v) is 4.50. The molecule has 2 fully saturated rings. The Bertz CT molecular complexity index is 159. The number of fused-ring (bicyclic) bond motifs is 1. The molecule has 4 atom stereocenters. The van der Waals surface area contributed by atoms with E-state index in [9.17, 15) is 0 Å². The number of nitrogens with one attached hydrogen (secondary N) is 1. The second kappa shape index (κ2) is 3.00. The lowest BCUT2D eigenvalue weighted by molar-refractivity contribution is -0.00140. The molecule has 1 heterocycles. The summed E-state index contributed by atoms with van der Waals surface area (Å²) in [5.41, 5.74) is 0. The van der Waals surface area contributed by atoms with E-state index in [4.69, 9.17) is 4.74 Å². The first kappa shape index (κ1) is 8.52. The first-order valence-corrected chi connectivity index (χ1v) is 5.08. The highest BCUT2D eigenvalue weighted by Gasteiger charge is 2.47. The fourth-order valence-corrected chi connectivity index (χ4v) is 2.23. The van der Waals surface area contributed by atoms with Crippen LogP contribution in [0.5, 0.6) is 0 Å². The van der Waals surface area contributed by atoms with Crippen molar-refractivity contribution in [2.75, 3.05) is 0 Å². The van der Waals surface area contributed by atoms with Gasteiger partial charge in [-0.15, -0.1) is 0 Å². The predicted molar refractivity (Wildman–Crippen MR) is 49.1 cm³/mol. The summed E-state index contributed by atoms with van der Waals surface area (Å²) in [5.74, 6) is 0.980. The van der Waals surface area contributed by atoms with Gasteiger partial charge in [0.1, 0.15) is 0 Å². The largest absolute Gasteiger partial charge is 0.374 e. The molecule has 1 aliphatic heterocycles. The van der Waals surface area contributed by atoms with Gasteiger partial charge in [0.2, 0.25) is 0 Å². The molecule has 2 aliphatic rings. The zero-order valence-electron chi connectivity index (χ0n) is 8.21. The zero-order chi connectivity index (χ0) is 8.72. The first-order chi connectivity index (χ1) is 5.66. The molecule has 0 amide bonds. The molecule has 0 aromatic heterocycles. The van der Waals surface area contributed by atoms with Crippen molar-refractivity contribution in [1.82, 2.24) is 5.32 Å². The number of piperidine rings is 1. The molecular formula is C10H19NO. The lowest BCUT2D eigenvalue weighted by atomic mass is 10.1. The monoisotopic (exact) mass is 169 g/mol. The van der Waals surface area contributed by atoms with Crippen LogP contribution in [0.25, 0.3) is 0 Å². The van der Waals surface area contributed by atoms with E-state index >= 15 is 0 Å². The minimum Gasteiger partial charge on any atom is -0.374 e. The summed E-state index contributed by atoms with van der Waals surface area (Å²) < 4.78 is 5.74. The quantitative estimate of drug-likeness (QED) is 0.692. The van der Waals surface area contributed by atoms with Crippen molar-refractivity contribution in [3.05, 3.63) is 0 Å². The summed E-state index contributed by atoms with van der Waals surface area (Å²) in [4.78, 5) is 0. The van der Waals surface area contributed by atoms with Crippen molar-refractivity contribution >= 4 is 0 Å². The van der Waals surface area contributed by atoms with Crippen LogP contribution in [-0.4, -0.2) is 24.3 Å². The van der Waals surface area contributed by atoms with E-state index in [0.29, 0.717) is 18.2 Å². The maximum atomic E-state index is 5.74. The summed E-state index contributed by atoms with van der Waals surface area (Å²) in [7, 11) is 0. The molecule has 2 heteroatoms. The Kier molecular flexibility index (Phi) is 2.13. The average Bonchev–Trinajstić information content (AvgIpc) is 2.57. The smallest absolute Gasteiger partial charge is 0.0703 e. The number of hydrogen-bond donors (Lipinski definition) is 1. The summed E-state index contributed by atoms with van der Waals surface area (Å²) >= 11 is 0. The van der Waals surface area contributed by atoms with Crippen LogP contribution < -0.4 is 5.32 Å². The summed E-state index contributed by atoms with van der Waals surface area (Å²) in [6.07, 6.45) is 3.49. The van der Waals surface area contributed by atoms with Crippen LogP contribution in [0.3, 0.4) is 0 Å². The van der Waals surface area contributed by atoms with Gasteiger partial charge in [-0.05, 0) is 39.5 Å². The Labute approximate surface area is 74.7 Å². The SMILES string of the molecule is CC(C)O[C@@H](C)[C@@H]1C[C@@H]2C[C@@H]2N1. The van der Waals surface area contributed by atoms with E-state index in [2.05, 4.69) is 26.1 Å². The fourth-order valence-electron chi connectivity index (χ4n) is 2.23. The third-order valence-corrected chi connectivity index (χ3v) is 2.96. The Morgan fingerprint density at radius 2 is 2.00 bits per heavy atom. The molecule has 1 aliphatic carbocycles. The van der Waals surface area contributed by atoms with Crippen LogP contribution >= 0.6 is 0 Å².